The van der Waals surface area contributed by atoms with Gasteiger partial charge in [-0.25, -0.2) is 0 Å². The maximum atomic E-state index is 5.83. The normalized spacial score (nSPS) is 26.2. The van der Waals surface area contributed by atoms with Crippen molar-refractivity contribution in [1.82, 2.24) is 9.80 Å². The van der Waals surface area contributed by atoms with E-state index in [4.69, 9.17) is 10.5 Å². The van der Waals surface area contributed by atoms with Crippen LogP contribution in [0.15, 0.2) is 0 Å². The number of likely N-dealkylation sites (tertiary alicyclic amines) is 1. The lowest BCUT2D eigenvalue weighted by Crippen LogP contribution is -2.48. The van der Waals surface area contributed by atoms with Crippen molar-refractivity contribution in [1.29, 1.82) is 0 Å². The highest BCUT2D eigenvalue weighted by atomic mass is 35.5. The average molecular weight is 300 g/mol. The van der Waals surface area contributed by atoms with Crippen molar-refractivity contribution < 1.29 is 4.74 Å². The number of hydrogen-bond donors (Lipinski definition) is 1. The Balaban J connectivity index is 0.00000144. The van der Waals surface area contributed by atoms with Gasteiger partial charge < -0.3 is 10.5 Å². The summed E-state index contributed by atoms with van der Waals surface area (Å²) < 4.78 is 5.36. The van der Waals surface area contributed by atoms with Crippen LogP contribution >= 0.6 is 24.8 Å². The van der Waals surface area contributed by atoms with Crippen molar-refractivity contribution in [2.45, 2.75) is 25.3 Å². The summed E-state index contributed by atoms with van der Waals surface area (Å²) in [6, 6.07) is 0.634. The van der Waals surface area contributed by atoms with Crippen LogP contribution < -0.4 is 5.73 Å². The first-order valence-electron chi connectivity index (χ1n) is 6.64. The van der Waals surface area contributed by atoms with E-state index in [1.54, 1.807) is 0 Å². The minimum Gasteiger partial charge on any atom is -0.379 e. The molecule has 0 spiro atoms. The van der Waals surface area contributed by atoms with Crippen molar-refractivity contribution in [3.05, 3.63) is 0 Å². The first kappa shape index (κ1) is 18.4. The molecule has 0 aromatic rings. The molecule has 0 aromatic heterocycles. The Labute approximate surface area is 123 Å². The maximum Gasteiger partial charge on any atom is 0.0594 e. The summed E-state index contributed by atoms with van der Waals surface area (Å²) in [5.41, 5.74) is 5.83. The van der Waals surface area contributed by atoms with Crippen molar-refractivity contribution in [2.75, 3.05) is 52.5 Å². The molecule has 2 fully saturated rings. The Bertz CT molecular complexity index is 204. The first-order chi connectivity index (χ1) is 7.90. The molecule has 2 aliphatic heterocycles. The fourth-order valence-corrected chi connectivity index (χ4v) is 2.72. The van der Waals surface area contributed by atoms with Gasteiger partial charge in [-0.3, -0.25) is 9.80 Å². The second-order valence-corrected chi connectivity index (χ2v) is 4.88. The molecule has 1 unspecified atom stereocenters. The van der Waals surface area contributed by atoms with Gasteiger partial charge in [-0.2, -0.15) is 0 Å². The van der Waals surface area contributed by atoms with Crippen LogP contribution in [0.4, 0.5) is 0 Å². The molecule has 1 atom stereocenters. The molecule has 2 aliphatic rings. The molecule has 0 saturated carbocycles. The van der Waals surface area contributed by atoms with Crippen LogP contribution in [0.5, 0.6) is 0 Å². The topological polar surface area (TPSA) is 41.7 Å². The lowest BCUT2D eigenvalue weighted by atomic mass is 10.0. The number of morpholine rings is 1. The summed E-state index contributed by atoms with van der Waals surface area (Å²) in [6.07, 6.45) is 4.00. The smallest absolute Gasteiger partial charge is 0.0594 e. The Morgan fingerprint density at radius 3 is 2.39 bits per heavy atom. The molecule has 0 bridgehead atoms. The summed E-state index contributed by atoms with van der Waals surface area (Å²) in [6.45, 7) is 8.43. The van der Waals surface area contributed by atoms with Crippen molar-refractivity contribution >= 4 is 24.8 Å². The van der Waals surface area contributed by atoms with E-state index in [0.717, 1.165) is 32.8 Å². The van der Waals surface area contributed by atoms with E-state index >= 15 is 0 Å². The van der Waals surface area contributed by atoms with Crippen LogP contribution in [-0.2, 0) is 4.74 Å². The van der Waals surface area contributed by atoms with E-state index in [-0.39, 0.29) is 24.8 Å². The van der Waals surface area contributed by atoms with Crippen LogP contribution in [0.1, 0.15) is 19.3 Å². The third kappa shape index (κ3) is 5.59. The molecular formula is C12H27Cl2N3O. The van der Waals surface area contributed by atoms with Gasteiger partial charge in [0.15, 0.2) is 0 Å². The van der Waals surface area contributed by atoms with Crippen molar-refractivity contribution in [3.63, 3.8) is 0 Å². The van der Waals surface area contributed by atoms with E-state index in [9.17, 15) is 0 Å². The molecule has 4 nitrogen and oxygen atoms in total. The number of hydrogen-bond acceptors (Lipinski definition) is 4. The molecule has 2 N–H and O–H groups in total. The minimum atomic E-state index is 0. The molecule has 2 heterocycles. The van der Waals surface area contributed by atoms with E-state index in [1.165, 1.54) is 38.9 Å². The van der Waals surface area contributed by atoms with Crippen molar-refractivity contribution in [3.8, 4) is 0 Å². The Kier molecular flexibility index (Phi) is 10.5. The van der Waals surface area contributed by atoms with Gasteiger partial charge in [0.2, 0.25) is 0 Å². The summed E-state index contributed by atoms with van der Waals surface area (Å²) >= 11 is 0. The van der Waals surface area contributed by atoms with Gasteiger partial charge >= 0.3 is 0 Å². The zero-order valence-electron chi connectivity index (χ0n) is 11.1. The monoisotopic (exact) mass is 299 g/mol. The third-order valence-electron chi connectivity index (χ3n) is 3.83. The van der Waals surface area contributed by atoms with Gasteiger partial charge in [-0.15, -0.1) is 24.8 Å². The lowest BCUT2D eigenvalue weighted by molar-refractivity contribution is 0.0287. The zero-order valence-corrected chi connectivity index (χ0v) is 12.7. The van der Waals surface area contributed by atoms with Crippen LogP contribution in [-0.4, -0.2) is 68.3 Å². The average Bonchev–Trinajstić information content (AvgIpc) is 2.38. The third-order valence-corrected chi connectivity index (χ3v) is 3.83. The molecule has 0 radical (unpaired) electrons. The highest BCUT2D eigenvalue weighted by molar-refractivity contribution is 5.85. The van der Waals surface area contributed by atoms with E-state index < -0.39 is 0 Å². The Morgan fingerprint density at radius 1 is 1.00 bits per heavy atom. The van der Waals surface area contributed by atoms with Gasteiger partial charge in [-0.1, -0.05) is 6.42 Å². The van der Waals surface area contributed by atoms with E-state index in [1.807, 2.05) is 0 Å². The fraction of sp³-hybridized carbons (Fsp3) is 1.00. The molecule has 0 aromatic carbocycles. The van der Waals surface area contributed by atoms with Gasteiger partial charge in [0.1, 0.15) is 0 Å². The van der Waals surface area contributed by atoms with Crippen LogP contribution in [0.25, 0.3) is 0 Å². The van der Waals surface area contributed by atoms with Crippen LogP contribution in [0, 0.1) is 0 Å². The van der Waals surface area contributed by atoms with Crippen LogP contribution in [0.3, 0.4) is 0 Å². The molecule has 2 rings (SSSR count). The first-order valence-corrected chi connectivity index (χ1v) is 6.64. The second-order valence-electron chi connectivity index (χ2n) is 4.88. The highest BCUT2D eigenvalue weighted by Gasteiger charge is 2.21. The molecule has 2 saturated heterocycles. The quantitative estimate of drug-likeness (QED) is 0.840. The highest BCUT2D eigenvalue weighted by Crippen LogP contribution is 2.15. The number of nitrogens with two attached hydrogens (primary N) is 1. The predicted molar refractivity (Wildman–Crippen MR) is 80.0 cm³/mol. The van der Waals surface area contributed by atoms with Crippen molar-refractivity contribution in [2.24, 2.45) is 5.73 Å². The Morgan fingerprint density at radius 2 is 1.72 bits per heavy atom. The summed E-state index contributed by atoms with van der Waals surface area (Å²) in [7, 11) is 0. The zero-order chi connectivity index (χ0) is 11.2. The predicted octanol–water partition coefficient (Wildman–Crippen LogP) is 0.975. The second kappa shape index (κ2) is 10.2. The molecule has 0 aliphatic carbocycles. The molecule has 110 valence electrons. The largest absolute Gasteiger partial charge is 0.379 e. The van der Waals surface area contributed by atoms with Gasteiger partial charge in [0, 0.05) is 38.8 Å². The number of piperidine rings is 1. The molecule has 0 amide bonds. The van der Waals surface area contributed by atoms with Gasteiger partial charge in [0.25, 0.3) is 0 Å². The summed E-state index contributed by atoms with van der Waals surface area (Å²) in [5.74, 6) is 0. The van der Waals surface area contributed by atoms with E-state index in [2.05, 4.69) is 9.80 Å². The van der Waals surface area contributed by atoms with Gasteiger partial charge in [-0.05, 0) is 19.4 Å². The number of ether oxygens (including phenoxy) is 1. The molecule has 6 heteroatoms. The molecule has 18 heavy (non-hydrogen) atoms. The van der Waals surface area contributed by atoms with E-state index in [0.29, 0.717) is 6.04 Å². The minimum absolute atomic E-state index is 0. The summed E-state index contributed by atoms with van der Waals surface area (Å²) in [5, 5.41) is 0. The van der Waals surface area contributed by atoms with Gasteiger partial charge in [0.05, 0.1) is 13.2 Å². The SMILES string of the molecule is Cl.Cl.NCC1CCCCN1CCN1CCOCC1. The maximum absolute atomic E-state index is 5.83. The number of nitrogens with zero attached hydrogens (tertiary/aromatic N) is 2. The molecular weight excluding hydrogens is 273 g/mol. The Hall–Kier alpha value is 0.420. The fourth-order valence-electron chi connectivity index (χ4n) is 2.72. The standard InChI is InChI=1S/C12H25N3O.2ClH/c13-11-12-3-1-2-4-15(12)6-5-14-7-9-16-10-8-14;;/h12H,1-11,13H2;2*1H. The number of rotatable bonds is 4. The van der Waals surface area contributed by atoms with Crippen LogP contribution in [0.2, 0.25) is 0 Å². The summed E-state index contributed by atoms with van der Waals surface area (Å²) in [4.78, 5) is 5.09. The number of halogens is 2. The lowest BCUT2D eigenvalue weighted by Gasteiger charge is -2.37.